The molecular formula is C23H31BrN2O4. The highest BCUT2D eigenvalue weighted by atomic mass is 79.9. The van der Waals surface area contributed by atoms with Crippen LogP contribution >= 0.6 is 15.9 Å². The van der Waals surface area contributed by atoms with Crippen molar-refractivity contribution in [1.29, 1.82) is 0 Å². The van der Waals surface area contributed by atoms with Crippen LogP contribution in [0.3, 0.4) is 0 Å². The number of hydrogen-bond acceptors (Lipinski definition) is 4. The van der Waals surface area contributed by atoms with E-state index in [0.29, 0.717) is 18.9 Å². The minimum absolute atomic E-state index is 0.0439. The summed E-state index contributed by atoms with van der Waals surface area (Å²) >= 11 is 3.52. The minimum atomic E-state index is -0.216. The van der Waals surface area contributed by atoms with Crippen LogP contribution in [0.15, 0.2) is 34.5 Å². The van der Waals surface area contributed by atoms with Crippen LogP contribution in [0, 0.1) is 0 Å². The molecule has 1 saturated heterocycles. The van der Waals surface area contributed by atoms with Gasteiger partial charge in [-0.2, -0.15) is 0 Å². The molecule has 0 bridgehead atoms. The number of hydrogen-bond donors (Lipinski definition) is 1. The van der Waals surface area contributed by atoms with E-state index in [2.05, 4.69) is 21.2 Å². The van der Waals surface area contributed by atoms with E-state index in [1.165, 1.54) is 0 Å². The first-order valence-electron chi connectivity index (χ1n) is 10.8. The smallest absolute Gasteiger partial charge is 0.289 e. The van der Waals surface area contributed by atoms with Crippen LogP contribution in [0.4, 0.5) is 0 Å². The Balaban J connectivity index is 1.67. The van der Waals surface area contributed by atoms with E-state index in [0.717, 1.165) is 42.1 Å². The average Bonchev–Trinajstić information content (AvgIpc) is 2.72. The highest BCUT2D eigenvalue weighted by Gasteiger charge is 2.42. The van der Waals surface area contributed by atoms with E-state index < -0.39 is 0 Å². The summed E-state index contributed by atoms with van der Waals surface area (Å²) in [4.78, 5) is 27.4. The van der Waals surface area contributed by atoms with Crippen molar-refractivity contribution < 1.29 is 19.1 Å². The van der Waals surface area contributed by atoms with Crippen LogP contribution in [0.2, 0.25) is 0 Å². The Morgan fingerprint density at radius 3 is 2.87 bits per heavy atom. The first-order chi connectivity index (χ1) is 14.5. The highest BCUT2D eigenvalue weighted by Crippen LogP contribution is 2.33. The van der Waals surface area contributed by atoms with Crippen LogP contribution in [0.25, 0.3) is 6.08 Å². The molecule has 2 unspecified atom stereocenters. The lowest BCUT2D eigenvalue weighted by Crippen LogP contribution is -2.57. The third-order valence-corrected chi connectivity index (χ3v) is 6.14. The third kappa shape index (κ3) is 6.08. The van der Waals surface area contributed by atoms with Gasteiger partial charge < -0.3 is 19.7 Å². The van der Waals surface area contributed by atoms with Crippen LogP contribution < -0.4 is 5.32 Å². The van der Waals surface area contributed by atoms with Crippen LogP contribution in [-0.2, 0) is 19.1 Å². The Morgan fingerprint density at radius 1 is 1.33 bits per heavy atom. The number of halogens is 1. The molecule has 2 aliphatic rings. The van der Waals surface area contributed by atoms with E-state index in [-0.39, 0.29) is 36.6 Å². The van der Waals surface area contributed by atoms with Gasteiger partial charge in [0.15, 0.2) is 5.76 Å². The lowest BCUT2D eigenvalue weighted by Gasteiger charge is -2.44. The van der Waals surface area contributed by atoms with Crippen molar-refractivity contribution >= 4 is 33.8 Å². The van der Waals surface area contributed by atoms with Crippen molar-refractivity contribution in [2.24, 2.45) is 0 Å². The van der Waals surface area contributed by atoms with E-state index in [9.17, 15) is 9.59 Å². The summed E-state index contributed by atoms with van der Waals surface area (Å²) in [6.45, 7) is 5.18. The topological polar surface area (TPSA) is 67.9 Å². The number of rotatable bonds is 8. The van der Waals surface area contributed by atoms with Crippen LogP contribution in [0.5, 0.6) is 0 Å². The third-order valence-electron chi connectivity index (χ3n) is 5.42. The fraction of sp³-hybridized carbons (Fsp3) is 0.565. The molecule has 2 atom stereocenters. The standard InChI is InChI=1S/C23H31BrN2O4/c1-16(2)29-13-7-12-25-22(27)15-26-19-10-5-6-11-20(19)30-21(23(26)28)14-17-8-3-4-9-18(17)24/h3-4,8-9,14,16,19-20H,5-7,10-13,15H2,1-2H3,(H,25,27)/b21-14+. The Bertz CT molecular complexity index is 780. The number of carbonyl (C=O) groups excluding carboxylic acids is 2. The number of nitrogens with one attached hydrogen (secondary N) is 1. The van der Waals surface area contributed by atoms with Crippen LogP contribution in [-0.4, -0.2) is 54.7 Å². The number of carbonyl (C=O) groups is 2. The summed E-state index contributed by atoms with van der Waals surface area (Å²) in [5, 5.41) is 2.91. The number of fused-ring (bicyclic) bond motifs is 1. The highest BCUT2D eigenvalue weighted by molar-refractivity contribution is 9.10. The van der Waals surface area contributed by atoms with Crippen LogP contribution in [0.1, 0.15) is 51.5 Å². The summed E-state index contributed by atoms with van der Waals surface area (Å²) < 4.78 is 12.5. The zero-order chi connectivity index (χ0) is 21.5. The number of benzene rings is 1. The summed E-state index contributed by atoms with van der Waals surface area (Å²) in [6, 6.07) is 7.66. The van der Waals surface area contributed by atoms with Gasteiger partial charge in [0.2, 0.25) is 5.91 Å². The summed E-state index contributed by atoms with van der Waals surface area (Å²) in [7, 11) is 0. The van der Waals surface area contributed by atoms with Gasteiger partial charge in [-0.05, 0) is 57.2 Å². The maximum Gasteiger partial charge on any atom is 0.289 e. The molecule has 3 rings (SSSR count). The first kappa shape index (κ1) is 22.8. The van der Waals surface area contributed by atoms with Crippen molar-refractivity contribution in [1.82, 2.24) is 10.2 Å². The molecular weight excluding hydrogens is 448 g/mol. The number of amides is 2. The molecule has 1 aromatic carbocycles. The Morgan fingerprint density at radius 2 is 2.10 bits per heavy atom. The molecule has 1 aliphatic heterocycles. The van der Waals surface area contributed by atoms with Gasteiger partial charge in [-0.15, -0.1) is 0 Å². The largest absolute Gasteiger partial charge is 0.482 e. The number of nitrogens with zero attached hydrogens (tertiary/aromatic N) is 1. The van der Waals surface area contributed by atoms with Crippen molar-refractivity contribution in [2.75, 3.05) is 19.7 Å². The van der Waals surface area contributed by atoms with Gasteiger partial charge in [0.05, 0.1) is 12.1 Å². The average molecular weight is 479 g/mol. The number of morpholine rings is 1. The van der Waals surface area contributed by atoms with E-state index in [1.54, 1.807) is 11.0 Å². The van der Waals surface area contributed by atoms with Crippen molar-refractivity contribution in [3.05, 3.63) is 40.1 Å². The molecule has 1 aliphatic carbocycles. The predicted octanol–water partition coefficient (Wildman–Crippen LogP) is 3.89. The molecule has 30 heavy (non-hydrogen) atoms. The van der Waals surface area contributed by atoms with Gasteiger partial charge in [0.25, 0.3) is 5.91 Å². The molecule has 2 amide bonds. The normalized spacial score (nSPS) is 22.7. The molecule has 164 valence electrons. The molecule has 1 heterocycles. The van der Waals surface area contributed by atoms with Gasteiger partial charge in [-0.1, -0.05) is 40.5 Å². The second-order valence-electron chi connectivity index (χ2n) is 8.09. The second kappa shape index (κ2) is 11.0. The summed E-state index contributed by atoms with van der Waals surface area (Å²) in [5.41, 5.74) is 0.879. The Kier molecular flexibility index (Phi) is 8.33. The zero-order valence-corrected chi connectivity index (χ0v) is 19.3. The maximum absolute atomic E-state index is 13.2. The SMILES string of the molecule is CC(C)OCCCNC(=O)CN1C(=O)/C(=C\c2ccccc2Br)OC2CCCCC21. The predicted molar refractivity (Wildman–Crippen MR) is 120 cm³/mol. The number of ether oxygens (including phenoxy) is 2. The van der Waals surface area contributed by atoms with Gasteiger partial charge >= 0.3 is 0 Å². The second-order valence-corrected chi connectivity index (χ2v) is 8.95. The quantitative estimate of drug-likeness (QED) is 0.454. The van der Waals surface area contributed by atoms with Crippen molar-refractivity contribution in [3.8, 4) is 0 Å². The molecule has 6 nitrogen and oxygen atoms in total. The van der Waals surface area contributed by atoms with Crippen molar-refractivity contribution in [2.45, 2.75) is 64.2 Å². The van der Waals surface area contributed by atoms with E-state index in [1.807, 2.05) is 38.1 Å². The van der Waals surface area contributed by atoms with Gasteiger partial charge in [0.1, 0.15) is 12.6 Å². The molecule has 1 saturated carbocycles. The monoisotopic (exact) mass is 478 g/mol. The van der Waals surface area contributed by atoms with Gasteiger partial charge in [-0.3, -0.25) is 9.59 Å². The molecule has 1 N–H and O–H groups in total. The van der Waals surface area contributed by atoms with Gasteiger partial charge in [-0.25, -0.2) is 0 Å². The zero-order valence-electron chi connectivity index (χ0n) is 17.7. The maximum atomic E-state index is 13.2. The molecule has 0 radical (unpaired) electrons. The summed E-state index contributed by atoms with van der Waals surface area (Å²) in [6.07, 6.45) is 6.54. The van der Waals surface area contributed by atoms with E-state index in [4.69, 9.17) is 9.47 Å². The molecule has 7 heteroatoms. The Labute approximate surface area is 187 Å². The summed E-state index contributed by atoms with van der Waals surface area (Å²) in [5.74, 6) is -0.0465. The minimum Gasteiger partial charge on any atom is -0.482 e. The van der Waals surface area contributed by atoms with E-state index >= 15 is 0 Å². The fourth-order valence-corrected chi connectivity index (χ4v) is 4.32. The Hall–Kier alpha value is -1.86. The first-order valence-corrected chi connectivity index (χ1v) is 11.6. The molecule has 1 aromatic rings. The lowest BCUT2D eigenvalue weighted by molar-refractivity contribution is -0.151. The van der Waals surface area contributed by atoms with Crippen molar-refractivity contribution in [3.63, 3.8) is 0 Å². The molecule has 0 aromatic heterocycles. The molecule has 2 fully saturated rings. The van der Waals surface area contributed by atoms with Gasteiger partial charge in [0, 0.05) is 17.6 Å². The lowest BCUT2D eigenvalue weighted by atomic mass is 9.89. The molecule has 0 spiro atoms. The fourth-order valence-electron chi connectivity index (χ4n) is 3.92.